The lowest BCUT2D eigenvalue weighted by atomic mass is 10.0. The Morgan fingerprint density at radius 1 is 0.964 bits per heavy atom. The first-order valence-electron chi connectivity index (χ1n) is 8.26. The van der Waals surface area contributed by atoms with E-state index in [-0.39, 0.29) is 23.2 Å². The number of non-ortho nitro benzene ring substituents is 1. The fourth-order valence-electron chi connectivity index (χ4n) is 3.22. The first kappa shape index (κ1) is 16.1. The van der Waals surface area contributed by atoms with E-state index in [1.165, 1.54) is 30.4 Å². The summed E-state index contributed by atoms with van der Waals surface area (Å²) in [7, 11) is 0. The average Bonchev–Trinajstić information content (AvgIpc) is 2.68. The van der Waals surface area contributed by atoms with E-state index in [0.29, 0.717) is 27.9 Å². The van der Waals surface area contributed by atoms with Gasteiger partial charge >= 0.3 is 0 Å². The average molecular weight is 378 g/mol. The van der Waals surface area contributed by atoms with Crippen molar-refractivity contribution in [3.05, 3.63) is 85.2 Å². The highest BCUT2D eigenvalue weighted by molar-refractivity contribution is 5.60. The summed E-state index contributed by atoms with van der Waals surface area (Å²) in [5.41, 5.74) is 0.327. The zero-order valence-electron chi connectivity index (χ0n) is 14.0. The number of fused-ring (bicyclic) bond motifs is 4. The molecule has 2 aliphatic heterocycles. The van der Waals surface area contributed by atoms with Crippen LogP contribution in [0.25, 0.3) is 0 Å². The number of hydrogen-bond donors (Lipinski definition) is 0. The van der Waals surface area contributed by atoms with Gasteiger partial charge in [0.25, 0.3) is 11.4 Å². The summed E-state index contributed by atoms with van der Waals surface area (Å²) in [5, 5.41) is 22.9. The number of hydrogen-bond acceptors (Lipinski definition) is 8. The minimum atomic E-state index is -0.574. The summed E-state index contributed by atoms with van der Waals surface area (Å²) < 4.78 is 11.7. The minimum Gasteiger partial charge on any atom is -0.481 e. The number of nitrogens with zero attached hydrogens (tertiary/aromatic N) is 4. The van der Waals surface area contributed by atoms with Crippen LogP contribution in [0, 0.1) is 20.2 Å². The maximum atomic E-state index is 11.0. The number of nitro groups is 2. The van der Waals surface area contributed by atoms with Crippen LogP contribution >= 0.6 is 0 Å². The molecular weight excluding hydrogens is 368 g/mol. The Morgan fingerprint density at radius 2 is 1.79 bits per heavy atom. The third-order valence-corrected chi connectivity index (χ3v) is 4.55. The molecule has 138 valence electrons. The van der Waals surface area contributed by atoms with Crippen molar-refractivity contribution < 1.29 is 19.3 Å². The Hall–Kier alpha value is -4.08. The largest absolute Gasteiger partial charge is 0.481 e. The lowest BCUT2D eigenvalue weighted by Gasteiger charge is -2.26. The Labute approximate surface area is 156 Å². The molecule has 0 aromatic heterocycles. The second-order valence-corrected chi connectivity index (χ2v) is 6.32. The van der Waals surface area contributed by atoms with E-state index in [0.717, 1.165) is 0 Å². The monoisotopic (exact) mass is 378 g/mol. The van der Waals surface area contributed by atoms with Crippen molar-refractivity contribution in [2.75, 3.05) is 0 Å². The number of ether oxygens (including phenoxy) is 2. The van der Waals surface area contributed by atoms with E-state index in [9.17, 15) is 20.2 Å². The molecule has 5 rings (SSSR count). The Morgan fingerprint density at radius 3 is 2.57 bits per heavy atom. The number of allylic oxidation sites excluding steroid dienone is 1. The van der Waals surface area contributed by atoms with Crippen LogP contribution in [0.2, 0.25) is 0 Å². The maximum Gasteiger partial charge on any atom is 0.273 e. The Bertz CT molecular complexity index is 1250. The van der Waals surface area contributed by atoms with Gasteiger partial charge in [-0.3, -0.25) is 25.2 Å². The van der Waals surface area contributed by atoms with Gasteiger partial charge in [0, 0.05) is 30.4 Å². The van der Waals surface area contributed by atoms with Gasteiger partial charge in [0.2, 0.25) is 0 Å². The number of benzene rings is 2. The van der Waals surface area contributed by atoms with Gasteiger partial charge in [-0.2, -0.15) is 0 Å². The molecule has 2 heterocycles. The van der Waals surface area contributed by atoms with E-state index in [1.54, 1.807) is 18.2 Å². The maximum absolute atomic E-state index is 11.0. The van der Waals surface area contributed by atoms with Gasteiger partial charge in [0.05, 0.1) is 15.9 Å². The molecule has 0 saturated carbocycles. The van der Waals surface area contributed by atoms with Gasteiger partial charge < -0.3 is 9.47 Å². The molecule has 3 aliphatic rings. The van der Waals surface area contributed by atoms with E-state index < -0.39 is 16.0 Å². The van der Waals surface area contributed by atoms with Crippen LogP contribution in [-0.2, 0) is 0 Å². The first-order chi connectivity index (χ1) is 13.5. The van der Waals surface area contributed by atoms with Gasteiger partial charge in [-0.05, 0) is 12.1 Å². The van der Waals surface area contributed by atoms with Crippen LogP contribution < -0.4 is 20.2 Å². The minimum absolute atomic E-state index is 0.0404. The molecule has 2 aromatic rings. The highest BCUT2D eigenvalue weighted by atomic mass is 16.6. The molecule has 1 aliphatic carbocycles. The predicted octanol–water partition coefficient (Wildman–Crippen LogP) is 2.13. The van der Waals surface area contributed by atoms with Gasteiger partial charge in [-0.15, -0.1) is 0 Å². The van der Waals surface area contributed by atoms with Crippen LogP contribution in [0.5, 0.6) is 17.2 Å². The summed E-state index contributed by atoms with van der Waals surface area (Å²) in [6.07, 6.45) is 3.88. The zero-order valence-corrected chi connectivity index (χ0v) is 14.0. The summed E-state index contributed by atoms with van der Waals surface area (Å²) in [6.45, 7) is 0. The van der Waals surface area contributed by atoms with Crippen LogP contribution in [0.3, 0.4) is 0 Å². The zero-order chi connectivity index (χ0) is 19.4. The SMILES string of the molecule is O=[N+]([O-])C1=C[C@H]2Oc3cc4c(cc3=N[C@H]2C=C1)Oc1cc([N+](=O)[O-])ccc1N=4. The summed E-state index contributed by atoms with van der Waals surface area (Å²) in [6, 6.07) is 7.08. The molecule has 2 aromatic carbocycles. The summed E-state index contributed by atoms with van der Waals surface area (Å²) >= 11 is 0. The van der Waals surface area contributed by atoms with E-state index in [1.807, 2.05) is 0 Å². The molecule has 10 nitrogen and oxygen atoms in total. The molecule has 0 fully saturated rings. The van der Waals surface area contributed by atoms with Crippen LogP contribution in [0.4, 0.5) is 11.4 Å². The van der Waals surface area contributed by atoms with Crippen molar-refractivity contribution in [3.63, 3.8) is 0 Å². The normalized spacial score (nSPS) is 20.5. The summed E-state index contributed by atoms with van der Waals surface area (Å²) in [5.74, 6) is 1.12. The molecule has 0 saturated heterocycles. The van der Waals surface area contributed by atoms with Crippen LogP contribution in [0.15, 0.2) is 64.2 Å². The second-order valence-electron chi connectivity index (χ2n) is 6.32. The first-order valence-corrected chi connectivity index (χ1v) is 8.26. The molecule has 0 spiro atoms. The van der Waals surface area contributed by atoms with E-state index in [2.05, 4.69) is 9.98 Å². The predicted molar refractivity (Wildman–Crippen MR) is 94.0 cm³/mol. The molecule has 0 amide bonds. The third kappa shape index (κ3) is 2.50. The molecule has 0 radical (unpaired) electrons. The Kier molecular flexibility index (Phi) is 3.29. The molecule has 10 heteroatoms. The molecule has 0 bridgehead atoms. The molecule has 2 atom stereocenters. The van der Waals surface area contributed by atoms with E-state index in [4.69, 9.17) is 9.47 Å². The standard InChI is InChI=1S/C18H10N4O6/c23-21(24)9-1-3-11-15(5-9)27-17-8-14-18(7-13(17)19-11)28-16-6-10(22(25)26)2-4-12(16)20-14/h1-8,11,15H/t11-,15+/m0/s1. The van der Waals surface area contributed by atoms with E-state index >= 15 is 0 Å². The van der Waals surface area contributed by atoms with Crippen molar-refractivity contribution in [1.29, 1.82) is 0 Å². The van der Waals surface area contributed by atoms with Gasteiger partial charge in [-0.25, -0.2) is 4.99 Å². The molecule has 0 N–H and O–H groups in total. The Balaban J connectivity index is 1.58. The van der Waals surface area contributed by atoms with Gasteiger partial charge in [0.1, 0.15) is 34.3 Å². The summed E-state index contributed by atoms with van der Waals surface area (Å²) in [4.78, 5) is 30.0. The molecule has 0 unspecified atom stereocenters. The van der Waals surface area contributed by atoms with Crippen molar-refractivity contribution in [2.45, 2.75) is 12.1 Å². The van der Waals surface area contributed by atoms with Gasteiger partial charge in [-0.1, -0.05) is 0 Å². The van der Waals surface area contributed by atoms with Crippen LogP contribution in [-0.4, -0.2) is 22.0 Å². The van der Waals surface area contributed by atoms with Gasteiger partial charge in [0.15, 0.2) is 11.5 Å². The fraction of sp³-hybridized carbons (Fsp3) is 0.111. The molecular formula is C18H10N4O6. The second kappa shape index (κ2) is 5.71. The van der Waals surface area contributed by atoms with Crippen molar-refractivity contribution in [2.24, 2.45) is 9.98 Å². The molecule has 28 heavy (non-hydrogen) atoms. The highest BCUT2D eigenvalue weighted by Gasteiger charge is 2.30. The van der Waals surface area contributed by atoms with Crippen molar-refractivity contribution >= 4 is 11.4 Å². The quantitative estimate of drug-likeness (QED) is 0.496. The fourth-order valence-corrected chi connectivity index (χ4v) is 3.22. The van der Waals surface area contributed by atoms with Crippen molar-refractivity contribution in [1.82, 2.24) is 0 Å². The lowest BCUT2D eigenvalue weighted by molar-refractivity contribution is -0.419. The third-order valence-electron chi connectivity index (χ3n) is 4.55. The van der Waals surface area contributed by atoms with Crippen LogP contribution in [0.1, 0.15) is 0 Å². The topological polar surface area (TPSA) is 129 Å². The van der Waals surface area contributed by atoms with Crippen molar-refractivity contribution in [3.8, 4) is 17.2 Å². The smallest absolute Gasteiger partial charge is 0.273 e. The number of nitro benzene ring substituents is 1. The highest BCUT2D eigenvalue weighted by Crippen LogP contribution is 2.36. The lowest BCUT2D eigenvalue weighted by Crippen LogP contribution is -2.38. The number of rotatable bonds is 2.